The smallest absolute Gasteiger partial charge is 0.414 e. The summed E-state index contributed by atoms with van der Waals surface area (Å²) in [4.78, 5) is 44.7. The number of benzene rings is 1. The van der Waals surface area contributed by atoms with Gasteiger partial charge in [0, 0.05) is 18.7 Å². The van der Waals surface area contributed by atoms with Crippen molar-refractivity contribution in [2.75, 3.05) is 32.9 Å². The third-order valence-electron chi connectivity index (χ3n) is 8.47. The van der Waals surface area contributed by atoms with Gasteiger partial charge in [-0.25, -0.2) is 14.6 Å². The summed E-state index contributed by atoms with van der Waals surface area (Å²) < 4.78 is 14.0. The molecule has 2 fully saturated rings. The summed E-state index contributed by atoms with van der Waals surface area (Å²) in [5, 5.41) is 37.7. The number of alkyl halides is 3. The fraction of sp³-hybridized carbons (Fsp3) is 0.571. The van der Waals surface area contributed by atoms with Crippen molar-refractivity contribution < 1.29 is 38.8 Å². The van der Waals surface area contributed by atoms with Crippen LogP contribution in [-0.4, -0.2) is 105 Å². The molecule has 1 spiro atoms. The number of fused-ring (bicyclic) bond motifs is 1. The van der Waals surface area contributed by atoms with Crippen molar-refractivity contribution in [3.8, 4) is 5.75 Å². The molecular weight excluding hydrogens is 669 g/mol. The van der Waals surface area contributed by atoms with E-state index in [2.05, 4.69) is 52.0 Å². The molecule has 15 nitrogen and oxygen atoms in total. The van der Waals surface area contributed by atoms with Gasteiger partial charge in [0.1, 0.15) is 18.4 Å². The summed E-state index contributed by atoms with van der Waals surface area (Å²) >= 11 is 17.2. The first kappa shape index (κ1) is 34.0. The molecule has 0 radical (unpaired) electrons. The van der Waals surface area contributed by atoms with E-state index >= 15 is 0 Å². The van der Waals surface area contributed by atoms with Gasteiger partial charge in [0.25, 0.3) is 5.91 Å². The molecule has 0 aliphatic carbocycles. The first-order valence-corrected chi connectivity index (χ1v) is 15.7. The number of carbonyl (C=O) groups is 3. The predicted molar refractivity (Wildman–Crippen MR) is 168 cm³/mol. The quantitative estimate of drug-likeness (QED) is 0.166. The molecule has 0 saturated carbocycles. The van der Waals surface area contributed by atoms with Gasteiger partial charge >= 0.3 is 12.2 Å². The summed E-state index contributed by atoms with van der Waals surface area (Å²) in [5.74, 6) is -2.92. The molecular formula is C28H36Cl3N7O8. The Morgan fingerprint density at radius 2 is 1.96 bits per heavy atom. The standard InChI is InChI=1S/C28H36Cl3N7O8/c1-5-44-23(40)32-11-17-20-27(37-14(2)33-20)28(42,43)18(12-38(27)22(34-17)36-24(41)46-13-26(29,30)31)35-21(39)15-7-6-8-16-19(15)45-10-9-25(16,3)4/h6-8,17-18,20,33,37,42-43H,2,5,9-13H2,1,3-4H3,(H,32,40)(H,35,39)(H,34,36,41)/t17-,18-,20-,27-/m0/s1. The highest BCUT2D eigenvalue weighted by atomic mass is 35.6. The van der Waals surface area contributed by atoms with E-state index < -0.39 is 58.1 Å². The van der Waals surface area contributed by atoms with E-state index in [1.807, 2.05) is 6.07 Å². The molecule has 2 saturated heterocycles. The Kier molecular flexibility index (Phi) is 9.11. The molecule has 252 valence electrons. The van der Waals surface area contributed by atoms with Gasteiger partial charge in [-0.1, -0.05) is 67.4 Å². The molecule has 0 aromatic heterocycles. The van der Waals surface area contributed by atoms with Gasteiger partial charge in [-0.15, -0.1) is 0 Å². The molecule has 1 aromatic carbocycles. The number of guanidine groups is 1. The fourth-order valence-corrected chi connectivity index (χ4v) is 6.44. The van der Waals surface area contributed by atoms with E-state index in [4.69, 9.17) is 49.0 Å². The lowest BCUT2D eigenvalue weighted by molar-refractivity contribution is -0.231. The Labute approximate surface area is 279 Å². The van der Waals surface area contributed by atoms with Crippen molar-refractivity contribution in [2.45, 2.75) is 66.0 Å². The monoisotopic (exact) mass is 703 g/mol. The van der Waals surface area contributed by atoms with Crippen LogP contribution in [0.1, 0.15) is 43.1 Å². The van der Waals surface area contributed by atoms with Crippen molar-refractivity contribution in [3.05, 3.63) is 41.7 Å². The maximum atomic E-state index is 13.8. The second kappa shape index (κ2) is 12.3. The summed E-state index contributed by atoms with van der Waals surface area (Å²) in [7, 11) is 0. The van der Waals surface area contributed by atoms with Crippen LogP contribution in [0, 0.1) is 0 Å². The van der Waals surface area contributed by atoms with Gasteiger partial charge in [-0.05, 0) is 24.8 Å². The van der Waals surface area contributed by atoms with E-state index in [-0.39, 0.29) is 42.5 Å². The van der Waals surface area contributed by atoms with E-state index in [0.717, 1.165) is 12.0 Å². The number of nitrogens with one attached hydrogen (secondary N) is 5. The first-order chi connectivity index (χ1) is 21.5. The van der Waals surface area contributed by atoms with Crippen molar-refractivity contribution in [3.63, 3.8) is 0 Å². The zero-order valence-electron chi connectivity index (χ0n) is 25.3. The van der Waals surface area contributed by atoms with Crippen LogP contribution in [-0.2, 0) is 14.9 Å². The van der Waals surface area contributed by atoms with Crippen molar-refractivity contribution in [1.29, 1.82) is 0 Å². The molecule has 7 N–H and O–H groups in total. The lowest BCUT2D eigenvalue weighted by atomic mass is 9.79. The molecule has 4 aliphatic heterocycles. The van der Waals surface area contributed by atoms with Crippen LogP contribution in [0.15, 0.2) is 35.6 Å². The zero-order valence-corrected chi connectivity index (χ0v) is 27.6. The second-order valence-electron chi connectivity index (χ2n) is 12.0. The number of carbonyl (C=O) groups excluding carboxylic acids is 3. The lowest BCUT2D eigenvalue weighted by Crippen LogP contribution is -2.78. The number of amides is 3. The first-order valence-electron chi connectivity index (χ1n) is 14.5. The average molecular weight is 705 g/mol. The highest BCUT2D eigenvalue weighted by Gasteiger charge is 2.73. The highest BCUT2D eigenvalue weighted by molar-refractivity contribution is 6.67. The molecule has 4 atom stereocenters. The van der Waals surface area contributed by atoms with Gasteiger partial charge in [-0.2, -0.15) is 0 Å². The topological polar surface area (TPSA) is 195 Å². The summed E-state index contributed by atoms with van der Waals surface area (Å²) in [6.45, 7) is 9.16. The predicted octanol–water partition coefficient (Wildman–Crippen LogP) is 1.15. The molecule has 18 heteroatoms. The number of para-hydroxylation sites is 1. The third-order valence-corrected chi connectivity index (χ3v) is 8.79. The van der Waals surface area contributed by atoms with Gasteiger partial charge in [0.15, 0.2) is 5.66 Å². The van der Waals surface area contributed by atoms with Crippen molar-refractivity contribution in [2.24, 2.45) is 4.99 Å². The Bertz CT molecular complexity index is 1450. The zero-order chi connectivity index (χ0) is 33.7. The van der Waals surface area contributed by atoms with E-state index in [1.54, 1.807) is 19.1 Å². The lowest BCUT2D eigenvalue weighted by Gasteiger charge is -2.49. The number of hydrogen-bond acceptors (Lipinski definition) is 12. The molecule has 3 amide bonds. The Hall–Kier alpha value is -3.37. The third kappa shape index (κ3) is 6.18. The minimum atomic E-state index is -2.73. The van der Waals surface area contributed by atoms with Crippen LogP contribution in [0.25, 0.3) is 0 Å². The van der Waals surface area contributed by atoms with Crippen LogP contribution in [0.4, 0.5) is 9.59 Å². The Morgan fingerprint density at radius 1 is 1.22 bits per heavy atom. The summed E-state index contributed by atoms with van der Waals surface area (Å²) in [6, 6.07) is 1.96. The maximum Gasteiger partial charge on any atom is 0.414 e. The molecule has 4 heterocycles. The minimum absolute atomic E-state index is 0.115. The number of hydrogen-bond donors (Lipinski definition) is 7. The summed E-state index contributed by atoms with van der Waals surface area (Å²) in [5.41, 5.74) is -1.04. The number of halogens is 3. The van der Waals surface area contributed by atoms with Gasteiger partial charge < -0.3 is 50.6 Å². The van der Waals surface area contributed by atoms with E-state index in [1.165, 1.54) is 4.90 Å². The van der Waals surface area contributed by atoms with Gasteiger partial charge in [-0.3, -0.25) is 10.1 Å². The number of alkyl carbamates (subject to hydrolysis) is 2. The highest BCUT2D eigenvalue weighted by Crippen LogP contribution is 2.45. The molecule has 5 rings (SSSR count). The van der Waals surface area contributed by atoms with Gasteiger partial charge in [0.2, 0.25) is 15.5 Å². The molecule has 0 bridgehead atoms. The Balaban J connectivity index is 1.48. The number of rotatable bonds is 6. The van der Waals surface area contributed by atoms with E-state index in [0.29, 0.717) is 12.4 Å². The second-order valence-corrected chi connectivity index (χ2v) is 14.5. The minimum Gasteiger partial charge on any atom is -0.492 e. The van der Waals surface area contributed by atoms with Crippen molar-refractivity contribution in [1.82, 2.24) is 31.5 Å². The molecule has 46 heavy (non-hydrogen) atoms. The molecule has 4 aliphatic rings. The largest absolute Gasteiger partial charge is 0.492 e. The Morgan fingerprint density at radius 3 is 2.65 bits per heavy atom. The van der Waals surface area contributed by atoms with Crippen LogP contribution in [0.5, 0.6) is 5.75 Å². The van der Waals surface area contributed by atoms with Crippen LogP contribution in [0.3, 0.4) is 0 Å². The van der Waals surface area contributed by atoms with Gasteiger partial charge in [0.05, 0.1) is 36.7 Å². The van der Waals surface area contributed by atoms with Crippen LogP contribution >= 0.6 is 34.8 Å². The van der Waals surface area contributed by atoms with Crippen molar-refractivity contribution >= 4 is 58.9 Å². The fourth-order valence-electron chi connectivity index (χ4n) is 6.28. The van der Waals surface area contributed by atoms with Crippen LogP contribution in [0.2, 0.25) is 0 Å². The van der Waals surface area contributed by atoms with E-state index in [9.17, 15) is 24.6 Å². The number of ether oxygens (including phenoxy) is 3. The number of aliphatic hydroxyl groups is 2. The molecule has 1 aromatic rings. The molecule has 0 unspecified atom stereocenters. The SMILES string of the molecule is C=C1N[C@H]2[C@H](CNC(=O)OCC)N=C(NC(=O)OCC(Cl)(Cl)Cl)N3C[C@H](NC(=O)c4cccc5c4OCCC5(C)C)C(O)(O)[C@]23N1. The normalized spacial score (nSPS) is 27.0. The number of nitrogens with zero attached hydrogens (tertiary/aromatic N) is 2. The van der Waals surface area contributed by atoms with Crippen LogP contribution < -0.4 is 31.3 Å². The number of aliphatic imine (C=N–C) groups is 1. The average Bonchev–Trinajstić information content (AvgIpc) is 3.43. The maximum absolute atomic E-state index is 13.8. The summed E-state index contributed by atoms with van der Waals surface area (Å²) in [6.07, 6.45) is -1.04.